The molecule has 188 valence electrons. The van der Waals surface area contributed by atoms with E-state index in [2.05, 4.69) is 9.97 Å². The Bertz CT molecular complexity index is 1540. The van der Waals surface area contributed by atoms with Crippen molar-refractivity contribution in [2.45, 2.75) is 18.9 Å². The van der Waals surface area contributed by atoms with E-state index in [1.807, 2.05) is 6.07 Å². The van der Waals surface area contributed by atoms with Crippen LogP contribution in [0.15, 0.2) is 47.1 Å². The Morgan fingerprint density at radius 3 is 2.62 bits per heavy atom. The first-order valence-electron chi connectivity index (χ1n) is 11.6. The van der Waals surface area contributed by atoms with Crippen molar-refractivity contribution < 1.29 is 27.5 Å². The van der Waals surface area contributed by atoms with Gasteiger partial charge < -0.3 is 18.8 Å². The van der Waals surface area contributed by atoms with E-state index in [0.29, 0.717) is 42.7 Å². The maximum atomic E-state index is 15.2. The molecule has 0 radical (unpaired) electrons. The largest absolute Gasteiger partial charge is 0.486 e. The zero-order chi connectivity index (χ0) is 26.1. The number of fused-ring (bicyclic) bond motifs is 1. The Kier molecular flexibility index (Phi) is 6.54. The molecule has 1 saturated heterocycles. The van der Waals surface area contributed by atoms with Gasteiger partial charge in [0.15, 0.2) is 28.7 Å². The molecule has 0 saturated carbocycles. The van der Waals surface area contributed by atoms with Gasteiger partial charge in [-0.2, -0.15) is 5.26 Å². The normalized spacial score (nSPS) is 13.9. The molecule has 1 aromatic carbocycles. The predicted octanol–water partition coefficient (Wildman–Crippen LogP) is 4.97. The van der Waals surface area contributed by atoms with Crippen LogP contribution in [0.25, 0.3) is 33.7 Å². The Morgan fingerprint density at radius 1 is 1.14 bits per heavy atom. The lowest BCUT2D eigenvalue weighted by molar-refractivity contribution is 0.0239. The average Bonchev–Trinajstić information content (AvgIpc) is 3.34. The van der Waals surface area contributed by atoms with Crippen molar-refractivity contribution in [1.82, 2.24) is 14.9 Å². The third-order valence-corrected chi connectivity index (χ3v) is 6.07. The summed E-state index contributed by atoms with van der Waals surface area (Å²) >= 11 is 0. The summed E-state index contributed by atoms with van der Waals surface area (Å²) in [7, 11) is 3.12. The number of hydrogen-bond acceptors (Lipinski definition) is 7. The van der Waals surface area contributed by atoms with Crippen molar-refractivity contribution in [3.8, 4) is 34.4 Å². The molecule has 0 unspecified atom stereocenters. The van der Waals surface area contributed by atoms with Gasteiger partial charge in [0.05, 0.1) is 24.3 Å². The highest BCUT2D eigenvalue weighted by molar-refractivity contribution is 5.94. The quantitative estimate of drug-likeness (QED) is 0.378. The SMILES string of the molecule is CN(C)C(=O)c1cnc(-c2cc3nccc(-c4cc(F)c(OC5CCOCC5)c(C#N)c4)c3o2)c(F)c1. The van der Waals surface area contributed by atoms with E-state index < -0.39 is 11.6 Å². The van der Waals surface area contributed by atoms with Crippen molar-refractivity contribution in [3.63, 3.8) is 0 Å². The Hall–Kier alpha value is -4.36. The summed E-state index contributed by atoms with van der Waals surface area (Å²) in [5, 5.41) is 9.70. The summed E-state index contributed by atoms with van der Waals surface area (Å²) < 4.78 is 47.1. The molecule has 1 aliphatic heterocycles. The number of hydrogen-bond donors (Lipinski definition) is 0. The van der Waals surface area contributed by atoms with Gasteiger partial charge in [-0.25, -0.2) is 13.8 Å². The minimum atomic E-state index is -0.735. The monoisotopic (exact) mass is 504 g/mol. The minimum absolute atomic E-state index is 0.0482. The molecule has 4 heterocycles. The highest BCUT2D eigenvalue weighted by Gasteiger charge is 2.23. The van der Waals surface area contributed by atoms with E-state index in [0.717, 1.165) is 6.07 Å². The van der Waals surface area contributed by atoms with Crippen LogP contribution in [-0.2, 0) is 4.74 Å². The van der Waals surface area contributed by atoms with E-state index in [-0.39, 0.29) is 45.9 Å². The van der Waals surface area contributed by atoms with Gasteiger partial charge in [-0.05, 0) is 29.8 Å². The second-order valence-corrected chi connectivity index (χ2v) is 8.81. The third kappa shape index (κ3) is 4.73. The molecule has 10 heteroatoms. The molecule has 3 aromatic heterocycles. The fraction of sp³-hybridized carbons (Fsp3) is 0.259. The van der Waals surface area contributed by atoms with E-state index in [1.165, 1.54) is 35.5 Å². The summed E-state index contributed by atoms with van der Waals surface area (Å²) in [6.07, 6.45) is 3.77. The Morgan fingerprint density at radius 2 is 1.92 bits per heavy atom. The molecule has 0 N–H and O–H groups in total. The number of benzene rings is 1. The highest BCUT2D eigenvalue weighted by atomic mass is 19.1. The second kappa shape index (κ2) is 9.95. The van der Waals surface area contributed by atoms with Gasteiger partial charge in [-0.1, -0.05) is 0 Å². The lowest BCUT2D eigenvalue weighted by Crippen LogP contribution is -2.26. The van der Waals surface area contributed by atoms with Crippen LogP contribution in [0, 0.1) is 23.0 Å². The van der Waals surface area contributed by atoms with Crippen LogP contribution in [0.5, 0.6) is 5.75 Å². The molecule has 1 amide bonds. The first-order chi connectivity index (χ1) is 17.9. The first kappa shape index (κ1) is 24.3. The standard InChI is InChI=1S/C27H22F2N4O4/c1-33(2)27(34)17-11-20(28)24(32-14-17)23-12-22-26(37-23)19(3-6-31-22)15-9-16(13-30)25(21(29)10-15)36-18-4-7-35-8-5-18/h3,6,9-12,14,18H,4-5,7-8H2,1-2H3. The molecule has 0 aliphatic carbocycles. The number of carbonyl (C=O) groups is 1. The molecule has 1 fully saturated rings. The fourth-order valence-electron chi connectivity index (χ4n) is 4.19. The fourth-order valence-corrected chi connectivity index (χ4v) is 4.19. The van der Waals surface area contributed by atoms with E-state index in [4.69, 9.17) is 13.9 Å². The topological polar surface area (TPSA) is 101 Å². The van der Waals surface area contributed by atoms with Gasteiger partial charge in [-0.3, -0.25) is 9.78 Å². The van der Waals surface area contributed by atoms with Gasteiger partial charge >= 0.3 is 0 Å². The molecular weight excluding hydrogens is 482 g/mol. The van der Waals surface area contributed by atoms with E-state index >= 15 is 4.39 Å². The van der Waals surface area contributed by atoms with Gasteiger partial charge in [0.1, 0.15) is 23.4 Å². The maximum Gasteiger partial charge on any atom is 0.255 e. The van der Waals surface area contributed by atoms with Crippen LogP contribution >= 0.6 is 0 Å². The van der Waals surface area contributed by atoms with Crippen LogP contribution in [-0.4, -0.2) is 54.2 Å². The second-order valence-electron chi connectivity index (χ2n) is 8.81. The van der Waals surface area contributed by atoms with Gasteiger partial charge in [0.2, 0.25) is 0 Å². The molecule has 0 atom stereocenters. The maximum absolute atomic E-state index is 15.2. The average molecular weight is 504 g/mol. The van der Waals surface area contributed by atoms with Crippen molar-refractivity contribution in [2.24, 2.45) is 0 Å². The summed E-state index contributed by atoms with van der Waals surface area (Å²) in [4.78, 5) is 21.8. The van der Waals surface area contributed by atoms with E-state index in [9.17, 15) is 14.4 Å². The minimum Gasteiger partial charge on any atom is -0.486 e. The molecule has 1 aliphatic rings. The zero-order valence-electron chi connectivity index (χ0n) is 20.1. The number of aromatic nitrogens is 2. The lowest BCUT2D eigenvalue weighted by Gasteiger charge is -2.24. The number of halogens is 2. The van der Waals surface area contributed by atoms with Crippen molar-refractivity contribution in [1.29, 1.82) is 5.26 Å². The highest BCUT2D eigenvalue weighted by Crippen LogP contribution is 2.37. The summed E-state index contributed by atoms with van der Waals surface area (Å²) in [5.41, 5.74) is 1.56. The Balaban J connectivity index is 1.53. The van der Waals surface area contributed by atoms with Crippen LogP contribution in [0.3, 0.4) is 0 Å². The number of nitrogens with zero attached hydrogens (tertiary/aromatic N) is 4. The Labute approximate surface area is 211 Å². The van der Waals surface area contributed by atoms with Crippen LogP contribution in [0.4, 0.5) is 8.78 Å². The molecule has 5 rings (SSSR count). The van der Waals surface area contributed by atoms with Crippen LogP contribution in [0.1, 0.15) is 28.8 Å². The number of nitriles is 1. The van der Waals surface area contributed by atoms with Crippen molar-refractivity contribution in [2.75, 3.05) is 27.3 Å². The number of carbonyl (C=O) groups excluding carboxylic acids is 1. The summed E-state index contributed by atoms with van der Waals surface area (Å²) in [5.74, 6) is -1.79. The molecule has 8 nitrogen and oxygen atoms in total. The first-order valence-corrected chi connectivity index (χ1v) is 11.6. The van der Waals surface area contributed by atoms with E-state index in [1.54, 1.807) is 20.2 Å². The number of amides is 1. The number of rotatable bonds is 5. The lowest BCUT2D eigenvalue weighted by atomic mass is 10.0. The van der Waals surface area contributed by atoms with Gasteiger partial charge in [0.25, 0.3) is 5.91 Å². The van der Waals surface area contributed by atoms with Gasteiger partial charge in [-0.15, -0.1) is 0 Å². The molecule has 0 bridgehead atoms. The number of furan rings is 1. The van der Waals surface area contributed by atoms with Crippen LogP contribution in [0.2, 0.25) is 0 Å². The van der Waals surface area contributed by atoms with Crippen molar-refractivity contribution >= 4 is 17.0 Å². The third-order valence-electron chi connectivity index (χ3n) is 6.07. The van der Waals surface area contributed by atoms with Crippen LogP contribution < -0.4 is 4.74 Å². The molecular formula is C27H22F2N4O4. The number of pyridine rings is 2. The zero-order valence-corrected chi connectivity index (χ0v) is 20.1. The molecule has 0 spiro atoms. The molecule has 4 aromatic rings. The smallest absolute Gasteiger partial charge is 0.255 e. The van der Waals surface area contributed by atoms with Crippen molar-refractivity contribution in [3.05, 3.63) is 65.5 Å². The predicted molar refractivity (Wildman–Crippen MR) is 130 cm³/mol. The van der Waals surface area contributed by atoms with Gasteiger partial charge in [0, 0.05) is 51.0 Å². The summed E-state index contributed by atoms with van der Waals surface area (Å²) in [6, 6.07) is 9.03. The summed E-state index contributed by atoms with van der Waals surface area (Å²) in [6.45, 7) is 1.04. The number of ether oxygens (including phenoxy) is 2. The molecule has 37 heavy (non-hydrogen) atoms.